The van der Waals surface area contributed by atoms with Crippen LogP contribution in [-0.4, -0.2) is 20.6 Å². The molecule has 13 heavy (non-hydrogen) atoms. The van der Waals surface area contributed by atoms with Crippen molar-refractivity contribution in [3.8, 4) is 0 Å². The average Bonchev–Trinajstić information content (AvgIpc) is 2.04. The lowest BCUT2D eigenvalue weighted by atomic mass is 10.2. The summed E-state index contributed by atoms with van der Waals surface area (Å²) in [5.41, 5.74) is 2.38. The van der Waals surface area contributed by atoms with Crippen LogP contribution in [-0.2, 0) is 0 Å². The third-order valence-electron chi connectivity index (χ3n) is 1.81. The van der Waals surface area contributed by atoms with Gasteiger partial charge >= 0.3 is 0 Å². The van der Waals surface area contributed by atoms with Crippen molar-refractivity contribution < 1.29 is 0 Å². The van der Waals surface area contributed by atoms with Crippen LogP contribution in [0.15, 0.2) is 22.7 Å². The topological polar surface area (TPSA) is 15.3 Å². The fourth-order valence-corrected chi connectivity index (χ4v) is 1.59. The molecule has 0 aliphatic heterocycles. The SMILES string of the molecule is CCNc1cc(Br)ccc1N(C)C. The van der Waals surface area contributed by atoms with E-state index in [4.69, 9.17) is 0 Å². The van der Waals surface area contributed by atoms with Crippen LogP contribution in [0.5, 0.6) is 0 Å². The van der Waals surface area contributed by atoms with Gasteiger partial charge in [0.2, 0.25) is 0 Å². The number of nitrogens with zero attached hydrogens (tertiary/aromatic N) is 1. The van der Waals surface area contributed by atoms with Crippen molar-refractivity contribution in [2.45, 2.75) is 6.92 Å². The zero-order chi connectivity index (χ0) is 9.84. The number of hydrogen-bond acceptors (Lipinski definition) is 2. The van der Waals surface area contributed by atoms with Crippen molar-refractivity contribution in [2.24, 2.45) is 0 Å². The van der Waals surface area contributed by atoms with Crippen molar-refractivity contribution in [1.29, 1.82) is 0 Å². The maximum atomic E-state index is 3.46. The van der Waals surface area contributed by atoms with Crippen LogP contribution < -0.4 is 10.2 Å². The van der Waals surface area contributed by atoms with E-state index in [0.717, 1.165) is 11.0 Å². The van der Waals surface area contributed by atoms with Crippen LogP contribution in [0.1, 0.15) is 6.92 Å². The third kappa shape index (κ3) is 2.62. The van der Waals surface area contributed by atoms with Gasteiger partial charge in [-0.2, -0.15) is 0 Å². The van der Waals surface area contributed by atoms with Crippen molar-refractivity contribution in [3.63, 3.8) is 0 Å². The van der Waals surface area contributed by atoms with Crippen molar-refractivity contribution >= 4 is 27.3 Å². The molecule has 0 heterocycles. The number of rotatable bonds is 3. The summed E-state index contributed by atoms with van der Waals surface area (Å²) in [4.78, 5) is 2.10. The van der Waals surface area contributed by atoms with Gasteiger partial charge in [-0.1, -0.05) is 15.9 Å². The Bertz CT molecular complexity index is 284. The van der Waals surface area contributed by atoms with E-state index in [0.29, 0.717) is 0 Å². The van der Waals surface area contributed by atoms with Crippen LogP contribution in [0.3, 0.4) is 0 Å². The number of anilines is 2. The van der Waals surface area contributed by atoms with Gasteiger partial charge in [-0.25, -0.2) is 0 Å². The third-order valence-corrected chi connectivity index (χ3v) is 2.30. The monoisotopic (exact) mass is 242 g/mol. The quantitative estimate of drug-likeness (QED) is 0.877. The first-order valence-corrected chi connectivity index (χ1v) is 5.15. The molecule has 72 valence electrons. The van der Waals surface area contributed by atoms with Gasteiger partial charge < -0.3 is 10.2 Å². The van der Waals surface area contributed by atoms with Gasteiger partial charge in [0.15, 0.2) is 0 Å². The highest BCUT2D eigenvalue weighted by Crippen LogP contribution is 2.27. The molecule has 2 nitrogen and oxygen atoms in total. The van der Waals surface area contributed by atoms with E-state index in [1.807, 2.05) is 14.1 Å². The Hall–Kier alpha value is -0.700. The normalized spacial score (nSPS) is 9.85. The molecule has 0 atom stereocenters. The second-order valence-electron chi connectivity index (χ2n) is 3.09. The molecular weight excluding hydrogens is 228 g/mol. The molecule has 0 radical (unpaired) electrons. The summed E-state index contributed by atoms with van der Waals surface area (Å²) < 4.78 is 1.11. The van der Waals surface area contributed by atoms with Gasteiger partial charge in [-0.15, -0.1) is 0 Å². The molecule has 0 bridgehead atoms. The van der Waals surface area contributed by atoms with Gasteiger partial charge in [0, 0.05) is 25.1 Å². The summed E-state index contributed by atoms with van der Waals surface area (Å²) >= 11 is 3.46. The molecule has 0 spiro atoms. The van der Waals surface area contributed by atoms with Gasteiger partial charge in [0.05, 0.1) is 11.4 Å². The molecule has 0 aliphatic rings. The molecule has 0 unspecified atom stereocenters. The van der Waals surface area contributed by atoms with E-state index in [9.17, 15) is 0 Å². The van der Waals surface area contributed by atoms with Gasteiger partial charge in [0.25, 0.3) is 0 Å². The van der Waals surface area contributed by atoms with Crippen LogP contribution in [0.2, 0.25) is 0 Å². The zero-order valence-electron chi connectivity index (χ0n) is 8.26. The second kappa shape index (κ2) is 4.51. The lowest BCUT2D eigenvalue weighted by Gasteiger charge is -2.18. The first-order valence-electron chi connectivity index (χ1n) is 4.36. The fourth-order valence-electron chi connectivity index (χ4n) is 1.23. The largest absolute Gasteiger partial charge is 0.384 e. The predicted molar refractivity (Wildman–Crippen MR) is 62.6 cm³/mol. The minimum absolute atomic E-state index is 0.942. The zero-order valence-corrected chi connectivity index (χ0v) is 9.85. The maximum absolute atomic E-state index is 3.46. The molecule has 3 heteroatoms. The van der Waals surface area contributed by atoms with E-state index < -0.39 is 0 Å². The minimum atomic E-state index is 0.942. The van der Waals surface area contributed by atoms with E-state index in [2.05, 4.69) is 51.3 Å². The maximum Gasteiger partial charge on any atom is 0.0597 e. The Morgan fingerprint density at radius 1 is 1.38 bits per heavy atom. The van der Waals surface area contributed by atoms with E-state index >= 15 is 0 Å². The summed E-state index contributed by atoms with van der Waals surface area (Å²) in [6.45, 7) is 3.04. The number of hydrogen-bond donors (Lipinski definition) is 1. The van der Waals surface area contributed by atoms with Crippen molar-refractivity contribution in [3.05, 3.63) is 22.7 Å². The summed E-state index contributed by atoms with van der Waals surface area (Å²) in [7, 11) is 4.09. The van der Waals surface area contributed by atoms with Crippen molar-refractivity contribution in [1.82, 2.24) is 0 Å². The number of benzene rings is 1. The molecule has 0 saturated heterocycles. The first-order chi connectivity index (χ1) is 6.15. The van der Waals surface area contributed by atoms with E-state index in [1.165, 1.54) is 11.4 Å². The minimum Gasteiger partial charge on any atom is -0.384 e. The predicted octanol–water partition coefficient (Wildman–Crippen LogP) is 2.95. The Morgan fingerprint density at radius 3 is 2.62 bits per heavy atom. The smallest absolute Gasteiger partial charge is 0.0597 e. The standard InChI is InChI=1S/C10H15BrN2/c1-4-12-9-7-8(11)5-6-10(9)13(2)3/h5-7,12H,4H2,1-3H3. The Labute approximate surface area is 88.1 Å². The molecule has 1 aromatic carbocycles. The Morgan fingerprint density at radius 2 is 2.08 bits per heavy atom. The van der Waals surface area contributed by atoms with Crippen molar-refractivity contribution in [2.75, 3.05) is 30.9 Å². The molecule has 0 aromatic heterocycles. The fraction of sp³-hybridized carbons (Fsp3) is 0.400. The molecule has 0 saturated carbocycles. The van der Waals surface area contributed by atoms with E-state index in [1.54, 1.807) is 0 Å². The average molecular weight is 243 g/mol. The lowest BCUT2D eigenvalue weighted by molar-refractivity contribution is 1.11. The first kappa shape index (κ1) is 10.4. The molecule has 0 aliphatic carbocycles. The molecule has 1 N–H and O–H groups in total. The number of nitrogens with one attached hydrogen (secondary N) is 1. The Balaban J connectivity index is 3.03. The highest BCUT2D eigenvalue weighted by molar-refractivity contribution is 9.10. The Kier molecular flexibility index (Phi) is 3.60. The highest BCUT2D eigenvalue weighted by Gasteiger charge is 2.03. The number of halogens is 1. The molecular formula is C10H15BrN2. The summed E-state index contributed by atoms with van der Waals surface area (Å²) in [6, 6.07) is 6.25. The highest BCUT2D eigenvalue weighted by atomic mass is 79.9. The van der Waals surface area contributed by atoms with Crippen LogP contribution in [0, 0.1) is 0 Å². The van der Waals surface area contributed by atoms with Crippen LogP contribution in [0.25, 0.3) is 0 Å². The summed E-state index contributed by atoms with van der Waals surface area (Å²) in [5.74, 6) is 0. The van der Waals surface area contributed by atoms with Crippen LogP contribution >= 0.6 is 15.9 Å². The molecule has 0 fully saturated rings. The van der Waals surface area contributed by atoms with Gasteiger partial charge in [0.1, 0.15) is 0 Å². The van der Waals surface area contributed by atoms with E-state index in [-0.39, 0.29) is 0 Å². The second-order valence-corrected chi connectivity index (χ2v) is 4.00. The molecule has 1 aromatic rings. The summed E-state index contributed by atoms with van der Waals surface area (Å²) in [6.07, 6.45) is 0. The van der Waals surface area contributed by atoms with Gasteiger partial charge in [-0.3, -0.25) is 0 Å². The van der Waals surface area contributed by atoms with Crippen LogP contribution in [0.4, 0.5) is 11.4 Å². The van der Waals surface area contributed by atoms with Gasteiger partial charge in [-0.05, 0) is 25.1 Å². The lowest BCUT2D eigenvalue weighted by Crippen LogP contribution is -2.11. The molecule has 0 amide bonds. The molecule has 1 rings (SSSR count). The summed E-state index contributed by atoms with van der Waals surface area (Å²) in [5, 5.41) is 3.33.